The van der Waals surface area contributed by atoms with Gasteiger partial charge in [0.1, 0.15) is 0 Å². The summed E-state index contributed by atoms with van der Waals surface area (Å²) in [6.07, 6.45) is 18.6. The van der Waals surface area contributed by atoms with E-state index in [1.165, 1.54) is 77.0 Å². The molecule has 128 valence electrons. The first kappa shape index (κ1) is 19.7. The predicted octanol–water partition coefficient (Wildman–Crippen LogP) is 5.90. The molecule has 0 aromatic heterocycles. The minimum absolute atomic E-state index is 0.765. The average molecular weight is 327 g/mol. The van der Waals surface area contributed by atoms with Gasteiger partial charge < -0.3 is 0 Å². The number of unbranched alkanes of at least 4 members (excludes halogenated alkanes) is 7. The van der Waals surface area contributed by atoms with Gasteiger partial charge in [0.15, 0.2) is 0 Å². The molecule has 1 aliphatic carbocycles. The second kappa shape index (κ2) is 13.1. The van der Waals surface area contributed by atoms with Gasteiger partial charge in [0, 0.05) is 11.7 Å². The van der Waals surface area contributed by atoms with E-state index in [-0.39, 0.29) is 0 Å². The summed E-state index contributed by atoms with van der Waals surface area (Å²) in [7, 11) is 0. The SMILES string of the molecule is CCCCCCCC[C@H]1CCC[C@@H]1CCCCC#CS(=O)O. The van der Waals surface area contributed by atoms with Crippen molar-refractivity contribution in [2.45, 2.75) is 96.8 Å². The molecule has 22 heavy (non-hydrogen) atoms. The fourth-order valence-corrected chi connectivity index (χ4v) is 4.02. The Kier molecular flexibility index (Phi) is 11.8. The lowest BCUT2D eigenvalue weighted by molar-refractivity contribution is 0.324. The highest BCUT2D eigenvalue weighted by Gasteiger charge is 2.25. The van der Waals surface area contributed by atoms with E-state index in [0.29, 0.717) is 0 Å². The maximum absolute atomic E-state index is 10.4. The molecule has 1 saturated carbocycles. The Hall–Kier alpha value is -0.330. The van der Waals surface area contributed by atoms with E-state index in [9.17, 15) is 4.21 Å². The van der Waals surface area contributed by atoms with Crippen molar-refractivity contribution in [2.75, 3.05) is 0 Å². The fraction of sp³-hybridized carbons (Fsp3) is 0.895. The van der Waals surface area contributed by atoms with Crippen LogP contribution in [0.1, 0.15) is 96.8 Å². The maximum atomic E-state index is 10.4. The van der Waals surface area contributed by atoms with E-state index < -0.39 is 11.1 Å². The standard InChI is InChI=1S/C19H34O2S/c1-2-3-4-5-6-9-13-18-15-12-16-19(18)14-10-7-8-11-17-22(20)21/h18-19H,2-10,12-16H2,1H3,(H,20,21)/t18-,19-/m0/s1. The smallest absolute Gasteiger partial charge is 0.233 e. The van der Waals surface area contributed by atoms with Gasteiger partial charge in [-0.25, -0.2) is 4.21 Å². The second-order valence-electron chi connectivity index (χ2n) is 6.78. The monoisotopic (exact) mass is 326 g/mol. The van der Waals surface area contributed by atoms with Crippen LogP contribution in [0.3, 0.4) is 0 Å². The van der Waals surface area contributed by atoms with Crippen LogP contribution in [-0.4, -0.2) is 8.76 Å². The zero-order chi connectivity index (χ0) is 16.0. The summed E-state index contributed by atoms with van der Waals surface area (Å²) >= 11 is -1.95. The third kappa shape index (κ3) is 9.64. The lowest BCUT2D eigenvalue weighted by Gasteiger charge is -2.19. The van der Waals surface area contributed by atoms with Crippen molar-refractivity contribution in [3.8, 4) is 11.2 Å². The Balaban J connectivity index is 2.05. The first-order valence-electron chi connectivity index (χ1n) is 9.33. The molecule has 3 heteroatoms. The van der Waals surface area contributed by atoms with Crippen LogP contribution in [0.5, 0.6) is 0 Å². The van der Waals surface area contributed by atoms with Gasteiger partial charge >= 0.3 is 0 Å². The minimum atomic E-state index is -1.95. The third-order valence-corrected chi connectivity index (χ3v) is 5.35. The molecule has 1 unspecified atom stereocenters. The number of hydrogen-bond acceptors (Lipinski definition) is 1. The molecular formula is C19H34O2S. The summed E-state index contributed by atoms with van der Waals surface area (Å²) < 4.78 is 19.0. The number of rotatable bonds is 11. The van der Waals surface area contributed by atoms with Crippen LogP contribution in [0.4, 0.5) is 0 Å². The van der Waals surface area contributed by atoms with Crippen LogP contribution in [-0.2, 0) is 11.1 Å². The topological polar surface area (TPSA) is 37.3 Å². The van der Waals surface area contributed by atoms with E-state index in [1.807, 2.05) is 0 Å². The van der Waals surface area contributed by atoms with Crippen molar-refractivity contribution in [1.29, 1.82) is 0 Å². The Morgan fingerprint density at radius 3 is 2.18 bits per heavy atom. The highest BCUT2D eigenvalue weighted by Crippen LogP contribution is 2.38. The van der Waals surface area contributed by atoms with Crippen molar-refractivity contribution < 1.29 is 8.76 Å². The molecule has 0 spiro atoms. The third-order valence-electron chi connectivity index (χ3n) is 5.03. The Morgan fingerprint density at radius 2 is 1.55 bits per heavy atom. The van der Waals surface area contributed by atoms with Crippen LogP contribution in [0, 0.1) is 23.0 Å². The van der Waals surface area contributed by atoms with Gasteiger partial charge in [0.2, 0.25) is 11.1 Å². The molecule has 0 bridgehead atoms. The zero-order valence-corrected chi connectivity index (χ0v) is 15.1. The molecule has 0 aromatic rings. The first-order chi connectivity index (χ1) is 10.7. The molecule has 0 radical (unpaired) electrons. The molecule has 1 rings (SSSR count). The largest absolute Gasteiger partial charge is 0.296 e. The van der Waals surface area contributed by atoms with Crippen molar-refractivity contribution in [1.82, 2.24) is 0 Å². The first-order valence-corrected chi connectivity index (χ1v) is 10.4. The molecule has 0 heterocycles. The number of hydrogen-bond donors (Lipinski definition) is 1. The van der Waals surface area contributed by atoms with Crippen LogP contribution in [0.25, 0.3) is 0 Å². The highest BCUT2D eigenvalue weighted by atomic mass is 32.2. The van der Waals surface area contributed by atoms with Crippen LogP contribution in [0.15, 0.2) is 0 Å². The molecular weight excluding hydrogens is 292 g/mol. The van der Waals surface area contributed by atoms with Crippen molar-refractivity contribution in [3.05, 3.63) is 0 Å². The minimum Gasteiger partial charge on any atom is -0.296 e. The quantitative estimate of drug-likeness (QED) is 0.292. The van der Waals surface area contributed by atoms with E-state index >= 15 is 0 Å². The average Bonchev–Trinajstić information content (AvgIpc) is 2.93. The molecule has 0 aromatic carbocycles. The molecule has 0 amide bonds. The predicted molar refractivity (Wildman–Crippen MR) is 95.8 cm³/mol. The Labute approximate surface area is 140 Å². The Bertz CT molecular complexity index is 356. The van der Waals surface area contributed by atoms with Crippen molar-refractivity contribution in [2.24, 2.45) is 11.8 Å². The van der Waals surface area contributed by atoms with Gasteiger partial charge in [0.25, 0.3) is 0 Å². The molecule has 2 nitrogen and oxygen atoms in total. The summed E-state index contributed by atoms with van der Waals surface area (Å²) in [6, 6.07) is 0. The fourth-order valence-electron chi connectivity index (χ4n) is 3.79. The van der Waals surface area contributed by atoms with Crippen LogP contribution >= 0.6 is 0 Å². The molecule has 1 fully saturated rings. The van der Waals surface area contributed by atoms with Gasteiger partial charge in [-0.3, -0.25) is 4.55 Å². The molecule has 0 saturated heterocycles. The lowest BCUT2D eigenvalue weighted by Crippen LogP contribution is -2.08. The summed E-state index contributed by atoms with van der Waals surface area (Å²) in [5.41, 5.74) is 0. The van der Waals surface area contributed by atoms with Gasteiger partial charge in [-0.15, -0.1) is 0 Å². The van der Waals surface area contributed by atoms with Crippen LogP contribution < -0.4 is 0 Å². The molecule has 0 aliphatic heterocycles. The summed E-state index contributed by atoms with van der Waals surface area (Å²) in [5, 5.41) is 2.31. The maximum Gasteiger partial charge on any atom is 0.233 e. The van der Waals surface area contributed by atoms with Gasteiger partial charge in [-0.1, -0.05) is 89.9 Å². The van der Waals surface area contributed by atoms with Gasteiger partial charge in [-0.2, -0.15) is 0 Å². The van der Waals surface area contributed by atoms with Crippen molar-refractivity contribution >= 4 is 11.1 Å². The lowest BCUT2D eigenvalue weighted by atomic mass is 9.87. The zero-order valence-electron chi connectivity index (χ0n) is 14.3. The van der Waals surface area contributed by atoms with Crippen molar-refractivity contribution in [3.63, 3.8) is 0 Å². The summed E-state index contributed by atoms with van der Waals surface area (Å²) in [4.78, 5) is 0. The van der Waals surface area contributed by atoms with E-state index in [2.05, 4.69) is 18.1 Å². The summed E-state index contributed by atoms with van der Waals surface area (Å²) in [5.74, 6) is 4.69. The molecule has 1 aliphatic rings. The summed E-state index contributed by atoms with van der Waals surface area (Å²) in [6.45, 7) is 2.28. The van der Waals surface area contributed by atoms with Gasteiger partial charge in [0.05, 0.1) is 0 Å². The van der Waals surface area contributed by atoms with E-state index in [4.69, 9.17) is 4.55 Å². The van der Waals surface area contributed by atoms with E-state index in [1.54, 1.807) is 0 Å². The molecule has 1 N–H and O–H groups in total. The van der Waals surface area contributed by atoms with E-state index in [0.717, 1.165) is 24.7 Å². The second-order valence-corrected chi connectivity index (χ2v) is 7.48. The molecule has 3 atom stereocenters. The highest BCUT2D eigenvalue weighted by molar-refractivity contribution is 7.84. The normalized spacial score (nSPS) is 22.3. The Morgan fingerprint density at radius 1 is 0.955 bits per heavy atom. The van der Waals surface area contributed by atoms with Crippen LogP contribution in [0.2, 0.25) is 0 Å². The van der Waals surface area contributed by atoms with Gasteiger partial charge in [-0.05, 0) is 18.3 Å².